The van der Waals surface area contributed by atoms with Gasteiger partial charge in [-0.1, -0.05) is 49.2 Å². The maximum atomic E-state index is 12.5. The Bertz CT molecular complexity index is 727. The molecule has 114 valence electrons. The quantitative estimate of drug-likeness (QED) is 0.782. The summed E-state index contributed by atoms with van der Waals surface area (Å²) in [5.74, 6) is -0.149. The van der Waals surface area contributed by atoms with Crippen molar-refractivity contribution in [2.45, 2.75) is 19.8 Å². The van der Waals surface area contributed by atoms with Crippen molar-refractivity contribution in [1.82, 2.24) is 0 Å². The molecule has 0 aliphatic rings. The zero-order valence-electron chi connectivity index (χ0n) is 12.2. The van der Waals surface area contributed by atoms with Gasteiger partial charge in [-0.25, -0.2) is 0 Å². The van der Waals surface area contributed by atoms with Crippen molar-refractivity contribution >= 4 is 41.1 Å². The number of halogens is 2. The first kappa shape index (κ1) is 16.5. The molecule has 5 heteroatoms. The van der Waals surface area contributed by atoms with E-state index < -0.39 is 0 Å². The van der Waals surface area contributed by atoms with Gasteiger partial charge in [0, 0.05) is 11.3 Å². The average molecular weight is 336 g/mol. The van der Waals surface area contributed by atoms with Gasteiger partial charge < -0.3 is 5.32 Å². The molecular formula is C17H15Cl2NO2. The Hall–Kier alpha value is -1.84. The maximum Gasteiger partial charge on any atom is 0.257 e. The molecule has 0 spiro atoms. The van der Waals surface area contributed by atoms with Gasteiger partial charge in [-0.3, -0.25) is 9.59 Å². The number of amides is 1. The fraction of sp³-hybridized carbons (Fsp3) is 0.176. The van der Waals surface area contributed by atoms with Crippen molar-refractivity contribution in [2.24, 2.45) is 0 Å². The van der Waals surface area contributed by atoms with Crippen LogP contribution in [-0.4, -0.2) is 12.2 Å². The lowest BCUT2D eigenvalue weighted by molar-refractivity contribution is 0.102. The summed E-state index contributed by atoms with van der Waals surface area (Å²) >= 11 is 12.1. The van der Waals surface area contributed by atoms with Crippen LogP contribution in [-0.2, 0) is 0 Å². The lowest BCUT2D eigenvalue weighted by Gasteiger charge is -2.14. The predicted octanol–water partition coefficient (Wildman–Crippen LogP) is 5.18. The van der Waals surface area contributed by atoms with Gasteiger partial charge in [0.05, 0.1) is 15.6 Å². The third kappa shape index (κ3) is 3.49. The van der Waals surface area contributed by atoms with E-state index in [-0.39, 0.29) is 11.8 Å². The Labute approximate surface area is 139 Å². The third-order valence-electron chi connectivity index (χ3n) is 3.28. The van der Waals surface area contributed by atoms with Gasteiger partial charge in [0.15, 0.2) is 6.29 Å². The van der Waals surface area contributed by atoms with E-state index in [0.717, 1.165) is 5.56 Å². The number of hydrogen-bond donors (Lipinski definition) is 1. The van der Waals surface area contributed by atoms with Gasteiger partial charge in [-0.2, -0.15) is 0 Å². The molecule has 0 heterocycles. The molecule has 1 amide bonds. The standard InChI is InChI=1S/C17H15Cl2NO2/c1-10(2)13-4-3-5-15(19)16(13)17(22)20-12-6-7-14(18)11(8-12)9-21/h3-10H,1-2H3,(H,20,22). The number of hydrogen-bond acceptors (Lipinski definition) is 2. The van der Waals surface area contributed by atoms with Crippen LogP contribution in [0.4, 0.5) is 5.69 Å². The number of nitrogens with one attached hydrogen (secondary N) is 1. The van der Waals surface area contributed by atoms with Crippen molar-refractivity contribution in [3.8, 4) is 0 Å². The molecule has 0 fully saturated rings. The summed E-state index contributed by atoms with van der Waals surface area (Å²) in [4.78, 5) is 23.4. The van der Waals surface area contributed by atoms with Crippen LogP contribution in [0, 0.1) is 0 Å². The molecule has 0 aliphatic carbocycles. The van der Waals surface area contributed by atoms with Gasteiger partial charge in [0.1, 0.15) is 0 Å². The zero-order chi connectivity index (χ0) is 16.3. The molecule has 2 rings (SSSR count). The van der Waals surface area contributed by atoms with Crippen LogP contribution >= 0.6 is 23.2 Å². The normalized spacial score (nSPS) is 10.6. The summed E-state index contributed by atoms with van der Waals surface area (Å²) in [7, 11) is 0. The Morgan fingerprint density at radius 1 is 1.14 bits per heavy atom. The molecule has 0 unspecified atom stereocenters. The van der Waals surface area contributed by atoms with Crippen molar-refractivity contribution in [3.63, 3.8) is 0 Å². The lowest BCUT2D eigenvalue weighted by atomic mass is 9.96. The number of benzene rings is 2. The van der Waals surface area contributed by atoms with E-state index in [1.165, 1.54) is 6.07 Å². The summed E-state index contributed by atoms with van der Waals surface area (Å²) in [6, 6.07) is 10.1. The van der Waals surface area contributed by atoms with Gasteiger partial charge in [-0.05, 0) is 35.7 Å². The van der Waals surface area contributed by atoms with Crippen LogP contribution in [0.1, 0.15) is 46.0 Å². The maximum absolute atomic E-state index is 12.5. The highest BCUT2D eigenvalue weighted by atomic mass is 35.5. The molecule has 0 bridgehead atoms. The zero-order valence-corrected chi connectivity index (χ0v) is 13.7. The fourth-order valence-electron chi connectivity index (χ4n) is 2.17. The highest BCUT2D eigenvalue weighted by Gasteiger charge is 2.17. The second-order valence-electron chi connectivity index (χ2n) is 5.17. The number of aldehydes is 1. The number of carbonyl (C=O) groups excluding carboxylic acids is 2. The second-order valence-corrected chi connectivity index (χ2v) is 5.98. The molecule has 2 aromatic rings. The minimum Gasteiger partial charge on any atom is -0.322 e. The lowest BCUT2D eigenvalue weighted by Crippen LogP contribution is -2.15. The molecule has 0 saturated heterocycles. The number of anilines is 1. The van der Waals surface area contributed by atoms with Crippen LogP contribution in [0.25, 0.3) is 0 Å². The summed E-state index contributed by atoms with van der Waals surface area (Å²) in [6.07, 6.45) is 0.646. The van der Waals surface area contributed by atoms with Gasteiger partial charge in [0.25, 0.3) is 5.91 Å². The smallest absolute Gasteiger partial charge is 0.257 e. The van der Waals surface area contributed by atoms with Crippen molar-refractivity contribution in [3.05, 3.63) is 63.1 Å². The van der Waals surface area contributed by atoms with E-state index in [1.807, 2.05) is 26.0 Å². The van der Waals surface area contributed by atoms with E-state index in [4.69, 9.17) is 23.2 Å². The highest BCUT2D eigenvalue weighted by Crippen LogP contribution is 2.27. The minimum atomic E-state index is -0.312. The highest BCUT2D eigenvalue weighted by molar-refractivity contribution is 6.35. The molecule has 22 heavy (non-hydrogen) atoms. The van der Waals surface area contributed by atoms with Crippen LogP contribution in [0.3, 0.4) is 0 Å². The molecular weight excluding hydrogens is 321 g/mol. The summed E-state index contributed by atoms with van der Waals surface area (Å²) in [6.45, 7) is 3.99. The number of rotatable bonds is 4. The molecule has 0 atom stereocenters. The minimum absolute atomic E-state index is 0.162. The van der Waals surface area contributed by atoms with Gasteiger partial charge >= 0.3 is 0 Å². The average Bonchev–Trinajstić information content (AvgIpc) is 2.48. The van der Waals surface area contributed by atoms with E-state index in [0.29, 0.717) is 33.1 Å². The SMILES string of the molecule is CC(C)c1cccc(Cl)c1C(=O)Nc1ccc(Cl)c(C=O)c1. The first-order valence-electron chi connectivity index (χ1n) is 6.78. The molecule has 0 aliphatic heterocycles. The van der Waals surface area contributed by atoms with Crippen molar-refractivity contribution < 1.29 is 9.59 Å². The molecule has 1 N–H and O–H groups in total. The topological polar surface area (TPSA) is 46.2 Å². The van der Waals surface area contributed by atoms with Crippen LogP contribution < -0.4 is 5.32 Å². The van der Waals surface area contributed by atoms with E-state index in [9.17, 15) is 9.59 Å². The monoisotopic (exact) mass is 335 g/mol. The predicted molar refractivity (Wildman–Crippen MR) is 90.3 cm³/mol. The van der Waals surface area contributed by atoms with Gasteiger partial charge in [0.2, 0.25) is 0 Å². The third-order valence-corrected chi connectivity index (χ3v) is 3.93. The van der Waals surface area contributed by atoms with Crippen molar-refractivity contribution in [2.75, 3.05) is 5.32 Å². The summed E-state index contributed by atoms with van der Waals surface area (Å²) in [5.41, 5.74) is 2.13. The molecule has 2 aromatic carbocycles. The van der Waals surface area contributed by atoms with E-state index in [1.54, 1.807) is 18.2 Å². The second kappa shape index (κ2) is 6.95. The van der Waals surface area contributed by atoms with Crippen molar-refractivity contribution in [1.29, 1.82) is 0 Å². The largest absolute Gasteiger partial charge is 0.322 e. The fourth-order valence-corrected chi connectivity index (χ4v) is 2.60. The van der Waals surface area contributed by atoms with Crippen LogP contribution in [0.5, 0.6) is 0 Å². The molecule has 0 radical (unpaired) electrons. The molecule has 0 aromatic heterocycles. The summed E-state index contributed by atoms with van der Waals surface area (Å²) < 4.78 is 0. The van der Waals surface area contributed by atoms with Gasteiger partial charge in [-0.15, -0.1) is 0 Å². The molecule has 3 nitrogen and oxygen atoms in total. The Kier molecular flexibility index (Phi) is 5.22. The first-order chi connectivity index (χ1) is 10.4. The van der Waals surface area contributed by atoms with Crippen LogP contribution in [0.15, 0.2) is 36.4 Å². The first-order valence-corrected chi connectivity index (χ1v) is 7.54. The van der Waals surface area contributed by atoms with E-state index >= 15 is 0 Å². The summed E-state index contributed by atoms with van der Waals surface area (Å²) in [5, 5.41) is 3.49. The Morgan fingerprint density at radius 3 is 2.50 bits per heavy atom. The Balaban J connectivity index is 2.36. The number of carbonyl (C=O) groups is 2. The molecule has 0 saturated carbocycles. The Morgan fingerprint density at radius 2 is 1.86 bits per heavy atom. The van der Waals surface area contributed by atoms with E-state index in [2.05, 4.69) is 5.32 Å². The van der Waals surface area contributed by atoms with Crippen LogP contribution in [0.2, 0.25) is 10.0 Å².